The first-order valence-electron chi connectivity index (χ1n) is 31.6. The van der Waals surface area contributed by atoms with Gasteiger partial charge in [-0.25, -0.2) is 0 Å². The molecule has 6 heteroatoms. The summed E-state index contributed by atoms with van der Waals surface area (Å²) in [5, 5.41) is 0. The average molecular weight is 1030 g/mol. The molecule has 426 valence electrons. The van der Waals surface area contributed by atoms with Gasteiger partial charge in [0.1, 0.15) is 13.2 Å². The van der Waals surface area contributed by atoms with Crippen LogP contribution in [0.15, 0.2) is 85.1 Å². The maximum Gasteiger partial charge on any atom is 0.306 e. The van der Waals surface area contributed by atoms with E-state index in [1.807, 2.05) is 0 Å². The predicted molar refractivity (Wildman–Crippen MR) is 321 cm³/mol. The predicted octanol–water partition coefficient (Wildman–Crippen LogP) is 21.5. The number of hydrogen-bond acceptors (Lipinski definition) is 6. The standard InChI is InChI=1S/C68H118O6/c1-4-7-10-13-16-19-22-24-26-28-30-32-33-34-35-37-38-40-42-44-46-49-52-55-58-61-67(70)73-64-65(63-72-66(69)60-57-54-51-48-21-18-15-12-9-6-3)74-68(71)62-59-56-53-50-47-45-43-41-39-36-31-29-27-25-23-20-17-14-11-8-5-2/h7,10,16,19,23-26,29-32,39,41,65H,4-6,8-9,11-15,17-18,20-22,27-28,33-38,40,42-64H2,1-3H3/b10-7-,19-16-,25-23-,26-24-,31-29-,32-30-,41-39-. The summed E-state index contributed by atoms with van der Waals surface area (Å²) in [5.74, 6) is -0.885. The molecule has 0 aliphatic carbocycles. The summed E-state index contributed by atoms with van der Waals surface area (Å²) >= 11 is 0. The third kappa shape index (κ3) is 59.5. The van der Waals surface area contributed by atoms with Gasteiger partial charge in [0.15, 0.2) is 6.10 Å². The fourth-order valence-corrected chi connectivity index (χ4v) is 8.91. The van der Waals surface area contributed by atoms with Crippen LogP contribution >= 0.6 is 0 Å². The second-order valence-corrected chi connectivity index (χ2v) is 20.9. The smallest absolute Gasteiger partial charge is 0.306 e. The highest BCUT2D eigenvalue weighted by atomic mass is 16.6. The van der Waals surface area contributed by atoms with Gasteiger partial charge in [-0.1, -0.05) is 279 Å². The van der Waals surface area contributed by atoms with Crippen molar-refractivity contribution < 1.29 is 28.6 Å². The van der Waals surface area contributed by atoms with Gasteiger partial charge in [-0.05, 0) is 96.3 Å². The van der Waals surface area contributed by atoms with Gasteiger partial charge in [0.25, 0.3) is 0 Å². The molecule has 0 N–H and O–H groups in total. The van der Waals surface area contributed by atoms with Gasteiger partial charge in [0.2, 0.25) is 0 Å². The van der Waals surface area contributed by atoms with Crippen LogP contribution in [0.25, 0.3) is 0 Å². The van der Waals surface area contributed by atoms with Crippen LogP contribution in [0.4, 0.5) is 0 Å². The van der Waals surface area contributed by atoms with Gasteiger partial charge in [-0.2, -0.15) is 0 Å². The highest BCUT2D eigenvalue weighted by Gasteiger charge is 2.19. The fourth-order valence-electron chi connectivity index (χ4n) is 8.91. The molecule has 0 aliphatic rings. The molecule has 0 aromatic rings. The molecule has 0 aromatic heterocycles. The Morgan fingerprint density at radius 2 is 0.527 bits per heavy atom. The van der Waals surface area contributed by atoms with Crippen molar-refractivity contribution in [1.29, 1.82) is 0 Å². The molecular weight excluding hydrogens is 913 g/mol. The van der Waals surface area contributed by atoms with Crippen molar-refractivity contribution in [2.45, 2.75) is 316 Å². The van der Waals surface area contributed by atoms with Gasteiger partial charge in [-0.3, -0.25) is 14.4 Å². The number of esters is 3. The Morgan fingerprint density at radius 3 is 0.824 bits per heavy atom. The zero-order chi connectivity index (χ0) is 53.6. The number of hydrogen-bond donors (Lipinski definition) is 0. The first-order chi connectivity index (χ1) is 36.5. The lowest BCUT2D eigenvalue weighted by Crippen LogP contribution is -2.30. The van der Waals surface area contributed by atoms with E-state index in [-0.39, 0.29) is 31.1 Å². The molecule has 1 unspecified atom stereocenters. The summed E-state index contributed by atoms with van der Waals surface area (Å²) in [6.07, 6.45) is 81.6. The quantitative estimate of drug-likeness (QED) is 0.0261. The highest BCUT2D eigenvalue weighted by molar-refractivity contribution is 5.71. The van der Waals surface area contributed by atoms with E-state index in [1.165, 1.54) is 161 Å². The molecular formula is C68H118O6. The largest absolute Gasteiger partial charge is 0.462 e. The number of ether oxygens (including phenoxy) is 3. The van der Waals surface area contributed by atoms with Crippen molar-refractivity contribution in [3.63, 3.8) is 0 Å². The van der Waals surface area contributed by atoms with Gasteiger partial charge >= 0.3 is 17.9 Å². The van der Waals surface area contributed by atoms with E-state index < -0.39 is 6.10 Å². The van der Waals surface area contributed by atoms with E-state index >= 15 is 0 Å². The third-order valence-electron chi connectivity index (χ3n) is 13.6. The summed E-state index contributed by atoms with van der Waals surface area (Å²) in [6, 6.07) is 0. The molecule has 0 bridgehead atoms. The van der Waals surface area contributed by atoms with E-state index in [0.717, 1.165) is 109 Å². The van der Waals surface area contributed by atoms with Crippen LogP contribution in [-0.4, -0.2) is 37.2 Å². The van der Waals surface area contributed by atoms with Gasteiger partial charge < -0.3 is 14.2 Å². The molecule has 6 nitrogen and oxygen atoms in total. The van der Waals surface area contributed by atoms with Crippen LogP contribution in [0.2, 0.25) is 0 Å². The van der Waals surface area contributed by atoms with E-state index in [0.29, 0.717) is 19.3 Å². The van der Waals surface area contributed by atoms with Crippen LogP contribution in [0.1, 0.15) is 310 Å². The number of rotatable bonds is 57. The molecule has 0 aliphatic heterocycles. The summed E-state index contributed by atoms with van der Waals surface area (Å²) in [7, 11) is 0. The minimum absolute atomic E-state index is 0.0797. The van der Waals surface area contributed by atoms with Crippen LogP contribution in [0.5, 0.6) is 0 Å². The van der Waals surface area contributed by atoms with Crippen LogP contribution in [-0.2, 0) is 28.6 Å². The lowest BCUT2D eigenvalue weighted by Gasteiger charge is -2.18. The first-order valence-corrected chi connectivity index (χ1v) is 31.6. The summed E-state index contributed by atoms with van der Waals surface area (Å²) in [6.45, 7) is 6.52. The Bertz CT molecular complexity index is 1420. The van der Waals surface area contributed by atoms with Crippen LogP contribution < -0.4 is 0 Å². The minimum Gasteiger partial charge on any atom is -0.462 e. The molecule has 0 saturated carbocycles. The van der Waals surface area contributed by atoms with Crippen LogP contribution in [0, 0.1) is 0 Å². The van der Waals surface area contributed by atoms with E-state index in [9.17, 15) is 14.4 Å². The molecule has 0 aromatic carbocycles. The van der Waals surface area contributed by atoms with Crippen molar-refractivity contribution in [1.82, 2.24) is 0 Å². The number of carbonyl (C=O) groups excluding carboxylic acids is 3. The number of carbonyl (C=O) groups is 3. The van der Waals surface area contributed by atoms with Gasteiger partial charge in [-0.15, -0.1) is 0 Å². The molecule has 1 atom stereocenters. The van der Waals surface area contributed by atoms with E-state index in [1.54, 1.807) is 0 Å². The van der Waals surface area contributed by atoms with Crippen molar-refractivity contribution in [2.24, 2.45) is 0 Å². The molecule has 0 radical (unpaired) electrons. The molecule has 0 amide bonds. The summed E-state index contributed by atoms with van der Waals surface area (Å²) in [5.41, 5.74) is 0. The van der Waals surface area contributed by atoms with E-state index in [2.05, 4.69) is 106 Å². The topological polar surface area (TPSA) is 78.9 Å². The molecule has 0 spiro atoms. The second-order valence-electron chi connectivity index (χ2n) is 20.9. The molecule has 74 heavy (non-hydrogen) atoms. The molecule has 0 rings (SSSR count). The Hall–Kier alpha value is -3.41. The van der Waals surface area contributed by atoms with E-state index in [4.69, 9.17) is 14.2 Å². The lowest BCUT2D eigenvalue weighted by atomic mass is 10.0. The lowest BCUT2D eigenvalue weighted by molar-refractivity contribution is -0.167. The fraction of sp³-hybridized carbons (Fsp3) is 0.750. The normalized spacial score (nSPS) is 12.6. The summed E-state index contributed by atoms with van der Waals surface area (Å²) < 4.78 is 16.9. The monoisotopic (exact) mass is 1030 g/mol. The first kappa shape index (κ1) is 70.6. The minimum atomic E-state index is -0.783. The number of unbranched alkanes of at least 4 members (excludes halogenated alkanes) is 32. The molecule has 0 saturated heterocycles. The molecule has 0 fully saturated rings. The average Bonchev–Trinajstić information content (AvgIpc) is 3.40. The van der Waals surface area contributed by atoms with Gasteiger partial charge in [0.05, 0.1) is 0 Å². The zero-order valence-corrected chi connectivity index (χ0v) is 48.8. The van der Waals surface area contributed by atoms with Crippen LogP contribution in [0.3, 0.4) is 0 Å². The molecule has 0 heterocycles. The maximum atomic E-state index is 12.9. The van der Waals surface area contributed by atoms with Crippen molar-refractivity contribution >= 4 is 17.9 Å². The Labute approximate surface area is 458 Å². The van der Waals surface area contributed by atoms with Gasteiger partial charge in [0, 0.05) is 19.3 Å². The summed E-state index contributed by atoms with van der Waals surface area (Å²) in [4.78, 5) is 38.2. The number of allylic oxidation sites excluding steroid dienone is 14. The highest BCUT2D eigenvalue weighted by Crippen LogP contribution is 2.16. The SMILES string of the molecule is CC/C=C\C/C=C\C/C=C\C/C=C\CCCCCCCCCCCCCCC(=O)OCC(COC(=O)CCCCCCCCCCCC)OC(=O)CCCCCCCC/C=C\C/C=C\C/C=C\CCCCCCC. The Balaban J connectivity index is 4.27. The Kier molecular flexibility index (Phi) is 59.3. The zero-order valence-electron chi connectivity index (χ0n) is 48.8. The second kappa shape index (κ2) is 62.1. The van der Waals surface area contributed by atoms with Crippen molar-refractivity contribution in [3.05, 3.63) is 85.1 Å². The Morgan fingerprint density at radius 1 is 0.284 bits per heavy atom. The maximum absolute atomic E-state index is 12.9. The van der Waals surface area contributed by atoms with Crippen molar-refractivity contribution in [2.75, 3.05) is 13.2 Å². The third-order valence-corrected chi connectivity index (χ3v) is 13.6. The van der Waals surface area contributed by atoms with Crippen molar-refractivity contribution in [3.8, 4) is 0 Å².